The number of rotatable bonds is 8. The summed E-state index contributed by atoms with van der Waals surface area (Å²) in [5.74, 6) is -0.547. The van der Waals surface area contributed by atoms with Crippen molar-refractivity contribution in [1.29, 1.82) is 5.26 Å². The molecule has 2 heterocycles. The van der Waals surface area contributed by atoms with Crippen molar-refractivity contribution in [1.82, 2.24) is 19.7 Å². The lowest BCUT2D eigenvalue weighted by molar-refractivity contribution is -0.116. The maximum Gasteiger partial charge on any atom is 0.237 e. The number of thioether (sulfide) groups is 1. The van der Waals surface area contributed by atoms with Crippen LogP contribution in [-0.2, 0) is 4.79 Å². The molecule has 2 aromatic carbocycles. The third-order valence-electron chi connectivity index (χ3n) is 4.87. The summed E-state index contributed by atoms with van der Waals surface area (Å²) in [6.45, 7) is 0.175. The summed E-state index contributed by atoms with van der Waals surface area (Å²) < 4.78 is 28.6. The van der Waals surface area contributed by atoms with E-state index in [4.69, 9.17) is 5.26 Å². The number of amides is 1. The Hall–Kier alpha value is -4.10. The molecular formula is C24H18F2N6OS. The summed E-state index contributed by atoms with van der Waals surface area (Å²) in [5, 5.41) is 18.0. The highest BCUT2D eigenvalue weighted by molar-refractivity contribution is 7.99. The van der Waals surface area contributed by atoms with Gasteiger partial charge in [-0.15, -0.1) is 10.2 Å². The lowest BCUT2D eigenvalue weighted by Crippen LogP contribution is -2.33. The largest absolute Gasteiger partial charge is 0.311 e. The minimum atomic E-state index is -0.415. The van der Waals surface area contributed by atoms with E-state index in [1.165, 1.54) is 41.3 Å². The quantitative estimate of drug-likeness (QED) is 0.344. The lowest BCUT2D eigenvalue weighted by Gasteiger charge is -2.21. The molecule has 1 amide bonds. The number of carbonyl (C=O) groups is 1. The highest BCUT2D eigenvalue weighted by Crippen LogP contribution is 2.28. The van der Waals surface area contributed by atoms with Crippen LogP contribution in [0.15, 0.2) is 78.2 Å². The number of nitriles is 1. The van der Waals surface area contributed by atoms with Crippen LogP contribution in [0.4, 0.5) is 14.5 Å². The minimum absolute atomic E-state index is 0.00151. The maximum atomic E-state index is 13.5. The molecule has 0 spiro atoms. The fourth-order valence-corrected chi connectivity index (χ4v) is 4.09. The van der Waals surface area contributed by atoms with Gasteiger partial charge in [-0.05, 0) is 60.7 Å². The van der Waals surface area contributed by atoms with Crippen molar-refractivity contribution in [3.05, 3.63) is 84.7 Å². The van der Waals surface area contributed by atoms with E-state index < -0.39 is 5.82 Å². The van der Waals surface area contributed by atoms with Gasteiger partial charge in [0.25, 0.3) is 0 Å². The number of pyridine rings is 1. The van der Waals surface area contributed by atoms with Gasteiger partial charge in [0.15, 0.2) is 11.0 Å². The van der Waals surface area contributed by atoms with Gasteiger partial charge < -0.3 is 4.90 Å². The van der Waals surface area contributed by atoms with Gasteiger partial charge in [-0.1, -0.05) is 11.8 Å². The van der Waals surface area contributed by atoms with Gasteiger partial charge in [0.2, 0.25) is 5.91 Å². The van der Waals surface area contributed by atoms with Crippen LogP contribution in [0.5, 0.6) is 0 Å². The average Bonchev–Trinajstić information content (AvgIpc) is 3.29. The normalized spacial score (nSPS) is 10.6. The number of hydrogen-bond donors (Lipinski definition) is 0. The van der Waals surface area contributed by atoms with Crippen LogP contribution in [0.25, 0.3) is 17.1 Å². The SMILES string of the molecule is N#CCCN(C(=O)CSc1nnc(-c2ccncc2)n1-c1ccc(F)cc1)c1ccc(F)cc1. The number of nitrogens with zero attached hydrogens (tertiary/aromatic N) is 6. The Labute approximate surface area is 198 Å². The van der Waals surface area contributed by atoms with E-state index in [0.29, 0.717) is 22.4 Å². The Morgan fingerprint density at radius 1 is 0.971 bits per heavy atom. The first-order valence-corrected chi connectivity index (χ1v) is 11.2. The molecule has 0 saturated carbocycles. The van der Waals surface area contributed by atoms with Crippen LogP contribution in [0.3, 0.4) is 0 Å². The molecule has 4 rings (SSSR count). The first kappa shape index (κ1) is 23.1. The van der Waals surface area contributed by atoms with E-state index in [-0.39, 0.29) is 30.4 Å². The van der Waals surface area contributed by atoms with Gasteiger partial charge in [-0.25, -0.2) is 8.78 Å². The predicted octanol–water partition coefficient (Wildman–Crippen LogP) is 4.65. The second kappa shape index (κ2) is 10.7. The third-order valence-corrected chi connectivity index (χ3v) is 5.78. The van der Waals surface area contributed by atoms with E-state index in [0.717, 1.165) is 17.3 Å². The predicted molar refractivity (Wildman–Crippen MR) is 124 cm³/mol. The molecule has 10 heteroatoms. The average molecular weight is 477 g/mol. The number of anilines is 1. The molecule has 0 aliphatic carbocycles. The van der Waals surface area contributed by atoms with Gasteiger partial charge >= 0.3 is 0 Å². The Morgan fingerprint density at radius 3 is 2.26 bits per heavy atom. The summed E-state index contributed by atoms with van der Waals surface area (Å²) >= 11 is 1.16. The number of benzene rings is 2. The standard InChI is InChI=1S/C24H18F2N6OS/c25-18-2-6-20(7-3-18)31(15-1-12-27)22(33)16-34-24-30-29-23(17-10-13-28-14-11-17)32(24)21-8-4-19(26)5-9-21/h2-11,13-14H,1,15-16H2. The molecule has 0 N–H and O–H groups in total. The van der Waals surface area contributed by atoms with E-state index in [9.17, 15) is 13.6 Å². The summed E-state index contributed by atoms with van der Waals surface area (Å²) in [6.07, 6.45) is 3.39. The van der Waals surface area contributed by atoms with E-state index >= 15 is 0 Å². The van der Waals surface area contributed by atoms with Crippen molar-refractivity contribution in [2.24, 2.45) is 0 Å². The van der Waals surface area contributed by atoms with Crippen molar-refractivity contribution < 1.29 is 13.6 Å². The van der Waals surface area contributed by atoms with Crippen LogP contribution in [0.1, 0.15) is 6.42 Å². The molecule has 0 fully saturated rings. The van der Waals surface area contributed by atoms with Crippen LogP contribution in [0, 0.1) is 23.0 Å². The van der Waals surface area contributed by atoms with Crippen molar-refractivity contribution in [2.75, 3.05) is 17.2 Å². The highest BCUT2D eigenvalue weighted by atomic mass is 32.2. The van der Waals surface area contributed by atoms with Crippen LogP contribution >= 0.6 is 11.8 Å². The molecule has 0 unspecified atom stereocenters. The smallest absolute Gasteiger partial charge is 0.237 e. The van der Waals surface area contributed by atoms with Crippen molar-refractivity contribution in [3.8, 4) is 23.1 Å². The number of carbonyl (C=O) groups excluding carboxylic acids is 1. The monoisotopic (exact) mass is 476 g/mol. The van der Waals surface area contributed by atoms with Gasteiger partial charge in [0, 0.05) is 35.9 Å². The molecule has 4 aromatic rings. The first-order valence-electron chi connectivity index (χ1n) is 10.2. The van der Waals surface area contributed by atoms with Crippen LogP contribution < -0.4 is 4.90 Å². The first-order chi connectivity index (χ1) is 16.6. The Balaban J connectivity index is 1.62. The Kier molecular flexibility index (Phi) is 7.25. The molecule has 170 valence electrons. The topological polar surface area (TPSA) is 87.7 Å². The highest BCUT2D eigenvalue weighted by Gasteiger charge is 2.20. The summed E-state index contributed by atoms with van der Waals surface area (Å²) in [5.41, 5.74) is 1.89. The Bertz CT molecular complexity index is 1300. The summed E-state index contributed by atoms with van der Waals surface area (Å²) in [7, 11) is 0. The van der Waals surface area contributed by atoms with Gasteiger partial charge in [0.1, 0.15) is 11.6 Å². The zero-order valence-corrected chi connectivity index (χ0v) is 18.6. The Morgan fingerprint density at radius 2 is 1.62 bits per heavy atom. The molecule has 0 saturated heterocycles. The van der Waals surface area contributed by atoms with Crippen molar-refractivity contribution >= 4 is 23.4 Å². The molecular weight excluding hydrogens is 458 g/mol. The molecule has 2 aromatic heterocycles. The molecule has 7 nitrogen and oxygen atoms in total. The van der Waals surface area contributed by atoms with Gasteiger partial charge in [-0.3, -0.25) is 14.3 Å². The zero-order valence-electron chi connectivity index (χ0n) is 17.8. The molecule has 0 aliphatic heterocycles. The number of halogens is 2. The fourth-order valence-electron chi connectivity index (χ4n) is 3.26. The molecule has 0 atom stereocenters. The second-order valence-electron chi connectivity index (χ2n) is 7.07. The van der Waals surface area contributed by atoms with E-state index in [2.05, 4.69) is 15.2 Å². The van der Waals surface area contributed by atoms with Gasteiger partial charge in [-0.2, -0.15) is 5.26 Å². The van der Waals surface area contributed by atoms with E-state index in [1.807, 2.05) is 6.07 Å². The molecule has 0 bridgehead atoms. The maximum absolute atomic E-state index is 13.5. The van der Waals surface area contributed by atoms with Crippen molar-refractivity contribution in [2.45, 2.75) is 11.6 Å². The lowest BCUT2D eigenvalue weighted by atomic mass is 10.2. The zero-order chi connectivity index (χ0) is 23.9. The van der Waals surface area contributed by atoms with E-state index in [1.54, 1.807) is 41.2 Å². The van der Waals surface area contributed by atoms with Crippen LogP contribution in [0.2, 0.25) is 0 Å². The third kappa shape index (κ3) is 5.27. The van der Waals surface area contributed by atoms with Crippen molar-refractivity contribution in [3.63, 3.8) is 0 Å². The number of hydrogen-bond acceptors (Lipinski definition) is 6. The second-order valence-corrected chi connectivity index (χ2v) is 8.01. The van der Waals surface area contributed by atoms with Gasteiger partial charge in [0.05, 0.1) is 18.2 Å². The molecule has 34 heavy (non-hydrogen) atoms. The number of aromatic nitrogens is 4. The minimum Gasteiger partial charge on any atom is -0.311 e. The van der Waals surface area contributed by atoms with Crippen LogP contribution in [-0.4, -0.2) is 38.0 Å². The molecule has 0 radical (unpaired) electrons. The summed E-state index contributed by atoms with van der Waals surface area (Å²) in [6, 6.07) is 17.0. The summed E-state index contributed by atoms with van der Waals surface area (Å²) in [4.78, 5) is 18.5. The fraction of sp³-hybridized carbons (Fsp3) is 0.125. The molecule has 0 aliphatic rings.